The van der Waals surface area contributed by atoms with Gasteiger partial charge >= 0.3 is 0 Å². The van der Waals surface area contributed by atoms with E-state index in [1.165, 1.54) is 0 Å². The zero-order valence-electron chi connectivity index (χ0n) is 11.2. The van der Waals surface area contributed by atoms with Crippen LogP contribution in [0.4, 0.5) is 0 Å². The molecule has 1 aromatic heterocycles. The second kappa shape index (κ2) is 6.35. The van der Waals surface area contributed by atoms with E-state index in [-0.39, 0.29) is 11.4 Å². The lowest BCUT2D eigenvalue weighted by Gasteiger charge is -2.17. The maximum Gasteiger partial charge on any atom is 0.220 e. The minimum Gasteiger partial charge on any atom is -0.481 e. The lowest BCUT2D eigenvalue weighted by atomic mass is 10.00. The Labute approximate surface area is 108 Å². The van der Waals surface area contributed by atoms with Crippen molar-refractivity contribution < 1.29 is 9.53 Å². The van der Waals surface area contributed by atoms with Gasteiger partial charge in [0.05, 0.1) is 7.11 Å². The van der Waals surface area contributed by atoms with Gasteiger partial charge in [0.2, 0.25) is 11.8 Å². The Morgan fingerprint density at radius 2 is 2.28 bits per heavy atom. The topological polar surface area (TPSA) is 77.2 Å². The number of nitrogens with zero attached hydrogens (tertiary/aromatic N) is 1. The van der Waals surface area contributed by atoms with Crippen LogP contribution in [0.3, 0.4) is 0 Å². The van der Waals surface area contributed by atoms with E-state index in [9.17, 15) is 4.79 Å². The van der Waals surface area contributed by atoms with Gasteiger partial charge in [-0.05, 0) is 31.9 Å². The van der Waals surface area contributed by atoms with Crippen LogP contribution in [0, 0.1) is 0 Å². The standard InChI is InChI=1S/C13H21N3O2/c1-13(2,14)6-4-11(17)16-9-10-5-7-15-12(8-10)18-3/h5,7-8H,4,6,9,14H2,1-3H3,(H,16,17). The number of amides is 1. The van der Waals surface area contributed by atoms with Gasteiger partial charge in [-0.15, -0.1) is 0 Å². The zero-order valence-corrected chi connectivity index (χ0v) is 11.2. The van der Waals surface area contributed by atoms with E-state index < -0.39 is 0 Å². The first-order chi connectivity index (χ1) is 8.40. The molecule has 3 N–H and O–H groups in total. The highest BCUT2D eigenvalue weighted by Crippen LogP contribution is 2.09. The number of aromatic nitrogens is 1. The minimum atomic E-state index is -0.308. The number of ether oxygens (including phenoxy) is 1. The van der Waals surface area contributed by atoms with Crippen molar-refractivity contribution in [2.75, 3.05) is 7.11 Å². The predicted molar refractivity (Wildman–Crippen MR) is 70.1 cm³/mol. The Bertz CT molecular complexity index is 399. The predicted octanol–water partition coefficient (Wildman–Crippen LogP) is 1.22. The molecule has 5 heteroatoms. The molecule has 1 amide bonds. The monoisotopic (exact) mass is 251 g/mol. The van der Waals surface area contributed by atoms with Gasteiger partial charge < -0.3 is 15.8 Å². The van der Waals surface area contributed by atoms with Crippen LogP contribution < -0.4 is 15.8 Å². The van der Waals surface area contributed by atoms with E-state index in [0.29, 0.717) is 25.3 Å². The largest absolute Gasteiger partial charge is 0.481 e. The summed E-state index contributed by atoms with van der Waals surface area (Å²) >= 11 is 0. The summed E-state index contributed by atoms with van der Waals surface area (Å²) < 4.78 is 5.01. The second-order valence-electron chi connectivity index (χ2n) is 4.97. The summed E-state index contributed by atoms with van der Waals surface area (Å²) in [5, 5.41) is 2.85. The zero-order chi connectivity index (χ0) is 13.6. The summed E-state index contributed by atoms with van der Waals surface area (Å²) in [5.41, 5.74) is 6.48. The molecule has 0 aliphatic rings. The Hall–Kier alpha value is -1.62. The number of methoxy groups -OCH3 is 1. The third-order valence-corrected chi connectivity index (χ3v) is 2.49. The first-order valence-corrected chi connectivity index (χ1v) is 5.95. The number of nitrogens with one attached hydrogen (secondary N) is 1. The van der Waals surface area contributed by atoms with Crippen LogP contribution >= 0.6 is 0 Å². The van der Waals surface area contributed by atoms with E-state index in [4.69, 9.17) is 10.5 Å². The molecule has 0 spiro atoms. The lowest BCUT2D eigenvalue weighted by Crippen LogP contribution is -2.34. The molecule has 0 aliphatic carbocycles. The number of nitrogens with two attached hydrogens (primary N) is 1. The van der Waals surface area contributed by atoms with Gasteiger partial charge in [-0.2, -0.15) is 0 Å². The van der Waals surface area contributed by atoms with Gasteiger partial charge in [-0.3, -0.25) is 4.79 Å². The molecule has 0 bridgehead atoms. The smallest absolute Gasteiger partial charge is 0.220 e. The molecule has 5 nitrogen and oxygen atoms in total. The van der Waals surface area contributed by atoms with Crippen LogP contribution in [0.15, 0.2) is 18.3 Å². The molecule has 1 heterocycles. The molecule has 0 fully saturated rings. The van der Waals surface area contributed by atoms with Gasteiger partial charge in [-0.25, -0.2) is 4.98 Å². The van der Waals surface area contributed by atoms with Crippen LogP contribution in [0.1, 0.15) is 32.3 Å². The first kappa shape index (κ1) is 14.4. The molecule has 0 aliphatic heterocycles. The van der Waals surface area contributed by atoms with Gasteiger partial charge in [0, 0.05) is 30.8 Å². The summed E-state index contributed by atoms with van der Waals surface area (Å²) in [6.45, 7) is 4.30. The average molecular weight is 251 g/mol. The fourth-order valence-electron chi connectivity index (χ4n) is 1.40. The Kier molecular flexibility index (Phi) is 5.09. The average Bonchev–Trinajstić information content (AvgIpc) is 2.33. The van der Waals surface area contributed by atoms with Crippen molar-refractivity contribution in [1.29, 1.82) is 0 Å². The highest BCUT2D eigenvalue weighted by Gasteiger charge is 2.12. The molecule has 0 radical (unpaired) electrons. The van der Waals surface area contributed by atoms with Crippen LogP contribution in [0.5, 0.6) is 5.88 Å². The summed E-state index contributed by atoms with van der Waals surface area (Å²) in [6.07, 6.45) is 2.76. The number of rotatable bonds is 6. The van der Waals surface area contributed by atoms with Crippen molar-refractivity contribution in [3.63, 3.8) is 0 Å². The molecular weight excluding hydrogens is 230 g/mol. The highest BCUT2D eigenvalue weighted by atomic mass is 16.5. The molecule has 1 rings (SSSR count). The summed E-state index contributed by atoms with van der Waals surface area (Å²) in [4.78, 5) is 15.6. The van der Waals surface area contributed by atoms with Crippen molar-refractivity contribution in [3.05, 3.63) is 23.9 Å². The lowest BCUT2D eigenvalue weighted by molar-refractivity contribution is -0.121. The minimum absolute atomic E-state index is 0.00399. The van der Waals surface area contributed by atoms with Crippen molar-refractivity contribution in [3.8, 4) is 5.88 Å². The molecule has 1 aromatic rings. The third kappa shape index (κ3) is 5.63. The van der Waals surface area contributed by atoms with Crippen molar-refractivity contribution in [1.82, 2.24) is 10.3 Å². The molecular formula is C13H21N3O2. The van der Waals surface area contributed by atoms with Crippen LogP contribution in [0.25, 0.3) is 0 Å². The van der Waals surface area contributed by atoms with E-state index in [1.54, 1.807) is 19.4 Å². The van der Waals surface area contributed by atoms with Crippen LogP contribution in [0.2, 0.25) is 0 Å². The van der Waals surface area contributed by atoms with Gasteiger partial charge in [0.25, 0.3) is 0 Å². The van der Waals surface area contributed by atoms with Crippen LogP contribution in [-0.2, 0) is 11.3 Å². The Balaban J connectivity index is 2.38. The van der Waals surface area contributed by atoms with Crippen molar-refractivity contribution in [2.24, 2.45) is 5.73 Å². The SMILES string of the molecule is COc1cc(CNC(=O)CCC(C)(C)N)ccn1. The number of carbonyl (C=O) groups is 1. The number of hydrogen-bond donors (Lipinski definition) is 2. The molecule has 18 heavy (non-hydrogen) atoms. The van der Waals surface area contributed by atoms with E-state index >= 15 is 0 Å². The van der Waals surface area contributed by atoms with Gasteiger partial charge in [-0.1, -0.05) is 0 Å². The number of carbonyl (C=O) groups excluding carboxylic acids is 1. The first-order valence-electron chi connectivity index (χ1n) is 5.95. The molecule has 100 valence electrons. The second-order valence-corrected chi connectivity index (χ2v) is 4.97. The normalized spacial score (nSPS) is 11.1. The van der Waals surface area contributed by atoms with Gasteiger partial charge in [0.15, 0.2) is 0 Å². The maximum absolute atomic E-state index is 11.6. The molecule has 0 saturated heterocycles. The quantitative estimate of drug-likeness (QED) is 0.797. The van der Waals surface area contributed by atoms with E-state index in [0.717, 1.165) is 5.56 Å². The van der Waals surface area contributed by atoms with Crippen LogP contribution in [-0.4, -0.2) is 23.5 Å². The number of hydrogen-bond acceptors (Lipinski definition) is 4. The molecule has 0 atom stereocenters. The summed E-state index contributed by atoms with van der Waals surface area (Å²) in [6, 6.07) is 3.64. The Morgan fingerprint density at radius 1 is 1.56 bits per heavy atom. The van der Waals surface area contributed by atoms with Crippen molar-refractivity contribution in [2.45, 2.75) is 38.8 Å². The third-order valence-electron chi connectivity index (χ3n) is 2.49. The van der Waals surface area contributed by atoms with Crippen molar-refractivity contribution >= 4 is 5.91 Å². The summed E-state index contributed by atoms with van der Waals surface area (Å²) in [5.74, 6) is 0.550. The fourth-order valence-corrected chi connectivity index (χ4v) is 1.40. The van der Waals surface area contributed by atoms with Gasteiger partial charge in [0.1, 0.15) is 0 Å². The molecule has 0 unspecified atom stereocenters. The van der Waals surface area contributed by atoms with E-state index in [1.807, 2.05) is 19.9 Å². The maximum atomic E-state index is 11.6. The molecule has 0 aromatic carbocycles. The molecule has 0 saturated carbocycles. The summed E-state index contributed by atoms with van der Waals surface area (Å²) in [7, 11) is 1.56. The van der Waals surface area contributed by atoms with E-state index in [2.05, 4.69) is 10.3 Å². The fraction of sp³-hybridized carbons (Fsp3) is 0.538. The highest BCUT2D eigenvalue weighted by molar-refractivity contribution is 5.75. The Morgan fingerprint density at radius 3 is 2.89 bits per heavy atom. The number of pyridine rings is 1.